The van der Waals surface area contributed by atoms with E-state index < -0.39 is 15.3 Å². The summed E-state index contributed by atoms with van der Waals surface area (Å²) in [6.07, 6.45) is 2.47. The number of sulfonamides is 1. The quantitative estimate of drug-likeness (QED) is 0.700. The molecule has 1 rings (SSSR count). The summed E-state index contributed by atoms with van der Waals surface area (Å²) in [6.45, 7) is 4.92. The van der Waals surface area contributed by atoms with Gasteiger partial charge >= 0.3 is 0 Å². The van der Waals surface area contributed by atoms with Gasteiger partial charge in [0, 0.05) is 12.7 Å². The Kier molecular flexibility index (Phi) is 5.30. The molecule has 0 aliphatic heterocycles. The first-order chi connectivity index (χ1) is 8.06. The lowest BCUT2D eigenvalue weighted by atomic mass is 10.4. The molecule has 1 aromatic rings. The van der Waals surface area contributed by atoms with E-state index >= 15 is 0 Å². The van der Waals surface area contributed by atoms with Crippen molar-refractivity contribution in [3.8, 4) is 0 Å². The molecule has 0 bridgehead atoms. The van der Waals surface area contributed by atoms with Gasteiger partial charge in [0.1, 0.15) is 0 Å². The van der Waals surface area contributed by atoms with Gasteiger partial charge < -0.3 is 5.32 Å². The van der Waals surface area contributed by atoms with Crippen molar-refractivity contribution < 1.29 is 8.42 Å². The second kappa shape index (κ2) is 6.51. The Labute approximate surface area is 102 Å². The van der Waals surface area contributed by atoms with Crippen LogP contribution in [-0.4, -0.2) is 37.0 Å². The normalized spacial score (nSPS) is 13.3. The second-order valence-electron chi connectivity index (χ2n) is 3.77. The minimum absolute atomic E-state index is 0.245. The van der Waals surface area contributed by atoms with Gasteiger partial charge in [-0.3, -0.25) is 4.72 Å². The van der Waals surface area contributed by atoms with E-state index in [1.807, 2.05) is 6.92 Å². The van der Waals surface area contributed by atoms with Gasteiger partial charge in [-0.05, 0) is 32.0 Å². The molecule has 1 unspecified atom stereocenters. The molecule has 7 heteroatoms. The Morgan fingerprint density at radius 2 is 2.24 bits per heavy atom. The summed E-state index contributed by atoms with van der Waals surface area (Å²) in [7, 11) is -3.41. The fourth-order valence-electron chi connectivity index (χ4n) is 1.19. The van der Waals surface area contributed by atoms with Gasteiger partial charge in [-0.25, -0.2) is 8.42 Å². The maximum absolute atomic E-state index is 11.9. The summed E-state index contributed by atoms with van der Waals surface area (Å²) in [6, 6.07) is 3.20. The number of nitrogens with zero attached hydrogens (tertiary/aromatic N) is 2. The maximum atomic E-state index is 11.9. The van der Waals surface area contributed by atoms with Crippen molar-refractivity contribution in [1.82, 2.24) is 15.5 Å². The summed E-state index contributed by atoms with van der Waals surface area (Å²) < 4.78 is 26.2. The van der Waals surface area contributed by atoms with Crippen LogP contribution in [-0.2, 0) is 10.0 Å². The van der Waals surface area contributed by atoms with Crippen molar-refractivity contribution in [3.05, 3.63) is 18.3 Å². The summed E-state index contributed by atoms with van der Waals surface area (Å²) in [5, 5.41) is 9.85. The predicted molar refractivity (Wildman–Crippen MR) is 67.2 cm³/mol. The van der Waals surface area contributed by atoms with Gasteiger partial charge in [0.05, 0.1) is 5.25 Å². The number of rotatable bonds is 7. The molecule has 17 heavy (non-hydrogen) atoms. The molecule has 0 aliphatic rings. The van der Waals surface area contributed by atoms with E-state index in [0.29, 0.717) is 6.54 Å². The second-order valence-corrected chi connectivity index (χ2v) is 5.87. The van der Waals surface area contributed by atoms with Gasteiger partial charge in [-0.15, -0.1) is 5.10 Å². The van der Waals surface area contributed by atoms with Crippen molar-refractivity contribution in [3.63, 3.8) is 0 Å². The molecule has 0 radical (unpaired) electrons. The van der Waals surface area contributed by atoms with E-state index in [1.165, 1.54) is 6.20 Å². The zero-order valence-electron chi connectivity index (χ0n) is 10.0. The van der Waals surface area contributed by atoms with Crippen LogP contribution < -0.4 is 10.0 Å². The lowest BCUT2D eigenvalue weighted by molar-refractivity contribution is 0.575. The topological polar surface area (TPSA) is 84.0 Å². The Morgan fingerprint density at radius 1 is 1.47 bits per heavy atom. The van der Waals surface area contributed by atoms with Gasteiger partial charge in [0.2, 0.25) is 10.0 Å². The molecule has 1 atom stereocenters. The first kappa shape index (κ1) is 13.9. The highest BCUT2D eigenvalue weighted by molar-refractivity contribution is 7.93. The Morgan fingerprint density at radius 3 is 2.82 bits per heavy atom. The molecule has 6 nitrogen and oxygen atoms in total. The van der Waals surface area contributed by atoms with Crippen LogP contribution in [0.1, 0.15) is 20.3 Å². The van der Waals surface area contributed by atoms with Crippen LogP contribution in [0.2, 0.25) is 0 Å². The summed E-state index contributed by atoms with van der Waals surface area (Å²) >= 11 is 0. The smallest absolute Gasteiger partial charge is 0.237 e. The fraction of sp³-hybridized carbons (Fsp3) is 0.600. The Balaban J connectivity index is 2.56. The van der Waals surface area contributed by atoms with Crippen LogP contribution in [0.4, 0.5) is 5.82 Å². The number of nitrogens with one attached hydrogen (secondary N) is 2. The summed E-state index contributed by atoms with van der Waals surface area (Å²) in [4.78, 5) is 0. The van der Waals surface area contributed by atoms with Crippen LogP contribution in [0, 0.1) is 0 Å². The Hall–Kier alpha value is -1.21. The molecular formula is C10H18N4O2S. The number of aromatic nitrogens is 2. The van der Waals surface area contributed by atoms with Gasteiger partial charge in [0.15, 0.2) is 5.82 Å². The molecule has 0 saturated heterocycles. The lowest BCUT2D eigenvalue weighted by Gasteiger charge is -2.14. The summed E-state index contributed by atoms with van der Waals surface area (Å²) in [5.41, 5.74) is 0. The first-order valence-electron chi connectivity index (χ1n) is 5.56. The van der Waals surface area contributed by atoms with Crippen molar-refractivity contribution in [1.29, 1.82) is 0 Å². The summed E-state index contributed by atoms with van der Waals surface area (Å²) in [5.74, 6) is 0.245. The van der Waals surface area contributed by atoms with Crippen molar-refractivity contribution >= 4 is 15.8 Å². The number of hydrogen-bond acceptors (Lipinski definition) is 5. The molecule has 0 aromatic carbocycles. The highest BCUT2D eigenvalue weighted by atomic mass is 32.2. The molecule has 96 valence electrons. The van der Waals surface area contributed by atoms with Crippen LogP contribution in [0.15, 0.2) is 18.3 Å². The van der Waals surface area contributed by atoms with E-state index in [2.05, 4.69) is 20.2 Å². The third-order valence-electron chi connectivity index (χ3n) is 2.21. The zero-order chi connectivity index (χ0) is 12.7. The molecule has 1 heterocycles. The fourth-order valence-corrected chi connectivity index (χ4v) is 2.13. The molecule has 0 amide bonds. The third kappa shape index (κ3) is 4.66. The minimum atomic E-state index is -3.41. The monoisotopic (exact) mass is 258 g/mol. The van der Waals surface area contributed by atoms with E-state index in [4.69, 9.17) is 0 Å². The lowest BCUT2D eigenvalue weighted by Crippen LogP contribution is -2.35. The van der Waals surface area contributed by atoms with Crippen LogP contribution >= 0.6 is 0 Å². The van der Waals surface area contributed by atoms with E-state index in [1.54, 1.807) is 19.1 Å². The third-order valence-corrected chi connectivity index (χ3v) is 3.93. The van der Waals surface area contributed by atoms with Gasteiger partial charge in [-0.2, -0.15) is 5.10 Å². The van der Waals surface area contributed by atoms with Crippen LogP contribution in [0.5, 0.6) is 0 Å². The van der Waals surface area contributed by atoms with Crippen molar-refractivity contribution in [2.24, 2.45) is 0 Å². The van der Waals surface area contributed by atoms with Gasteiger partial charge in [0.25, 0.3) is 0 Å². The molecule has 1 aromatic heterocycles. The van der Waals surface area contributed by atoms with Gasteiger partial charge in [-0.1, -0.05) is 6.92 Å². The standard InChI is InChI=1S/C10H18N4O2S/c1-3-6-11-8-9(2)17(15,16)14-10-5-4-7-12-13-10/h4-5,7,9,11H,3,6,8H2,1-2H3,(H,13,14). The zero-order valence-corrected chi connectivity index (χ0v) is 10.9. The SMILES string of the molecule is CCCNCC(C)S(=O)(=O)Nc1cccnn1. The van der Waals surface area contributed by atoms with E-state index in [-0.39, 0.29) is 5.82 Å². The molecular weight excluding hydrogens is 240 g/mol. The molecule has 0 aliphatic carbocycles. The molecule has 0 fully saturated rings. The van der Waals surface area contributed by atoms with Crippen molar-refractivity contribution in [2.75, 3.05) is 17.8 Å². The van der Waals surface area contributed by atoms with Crippen LogP contribution in [0.3, 0.4) is 0 Å². The average molecular weight is 258 g/mol. The predicted octanol–water partition coefficient (Wildman–Crippen LogP) is 0.606. The van der Waals surface area contributed by atoms with Crippen molar-refractivity contribution in [2.45, 2.75) is 25.5 Å². The highest BCUT2D eigenvalue weighted by Crippen LogP contribution is 2.06. The maximum Gasteiger partial charge on any atom is 0.237 e. The van der Waals surface area contributed by atoms with E-state index in [0.717, 1.165) is 13.0 Å². The van der Waals surface area contributed by atoms with Crippen LogP contribution in [0.25, 0.3) is 0 Å². The first-order valence-corrected chi connectivity index (χ1v) is 7.11. The number of hydrogen-bond donors (Lipinski definition) is 2. The van der Waals surface area contributed by atoms with E-state index in [9.17, 15) is 8.42 Å². The largest absolute Gasteiger partial charge is 0.315 e. The molecule has 0 spiro atoms. The highest BCUT2D eigenvalue weighted by Gasteiger charge is 2.20. The molecule has 0 saturated carbocycles. The molecule has 2 N–H and O–H groups in total. The average Bonchev–Trinajstić information content (AvgIpc) is 2.30. The Bertz CT molecular complexity index is 421. The number of anilines is 1. The minimum Gasteiger partial charge on any atom is -0.315 e.